The first kappa shape index (κ1) is 12.8. The Balaban J connectivity index is 2.66. The lowest BCUT2D eigenvalue weighted by atomic mass is 10.0. The quantitative estimate of drug-likeness (QED) is 0.729. The summed E-state index contributed by atoms with van der Waals surface area (Å²) in [7, 11) is 1.61. The highest BCUT2D eigenvalue weighted by atomic mass is 16.2. The van der Waals surface area contributed by atoms with Crippen LogP contribution in [0.5, 0.6) is 0 Å². The number of piperidine rings is 1. The molecule has 0 saturated carbocycles. The van der Waals surface area contributed by atoms with Crippen LogP contribution in [0.3, 0.4) is 0 Å². The van der Waals surface area contributed by atoms with Gasteiger partial charge in [0.2, 0.25) is 5.91 Å². The third kappa shape index (κ3) is 3.12. The van der Waals surface area contributed by atoms with Gasteiger partial charge in [0.05, 0.1) is 0 Å². The topological polar surface area (TPSA) is 61.4 Å². The molecule has 2 N–H and O–H groups in total. The molecule has 0 aromatic heterocycles. The van der Waals surface area contributed by atoms with Crippen LogP contribution in [0.1, 0.15) is 33.1 Å². The third-order valence-electron chi connectivity index (χ3n) is 2.72. The molecular formula is C11H21N3O2. The summed E-state index contributed by atoms with van der Waals surface area (Å²) in [6.07, 6.45) is 2.73. The summed E-state index contributed by atoms with van der Waals surface area (Å²) in [6.45, 7) is 4.49. The number of carbonyl (C=O) groups excluding carboxylic acids is 2. The molecule has 0 spiro atoms. The number of hydrogen-bond acceptors (Lipinski definition) is 2. The van der Waals surface area contributed by atoms with Gasteiger partial charge < -0.3 is 15.5 Å². The molecule has 1 atom stereocenters. The summed E-state index contributed by atoms with van der Waals surface area (Å²) < 4.78 is 0. The third-order valence-corrected chi connectivity index (χ3v) is 2.72. The molecule has 1 aliphatic heterocycles. The molecule has 0 radical (unpaired) electrons. The van der Waals surface area contributed by atoms with Gasteiger partial charge in [0, 0.05) is 19.6 Å². The van der Waals surface area contributed by atoms with Gasteiger partial charge in [0.25, 0.3) is 0 Å². The first-order chi connectivity index (χ1) is 7.56. The second kappa shape index (κ2) is 5.72. The van der Waals surface area contributed by atoms with E-state index in [0.717, 1.165) is 19.3 Å². The molecule has 5 heteroatoms. The van der Waals surface area contributed by atoms with Crippen LogP contribution in [0.2, 0.25) is 0 Å². The van der Waals surface area contributed by atoms with Gasteiger partial charge in [-0.25, -0.2) is 4.79 Å². The number of likely N-dealkylation sites (tertiary alicyclic amines) is 1. The molecule has 1 aliphatic rings. The van der Waals surface area contributed by atoms with Gasteiger partial charge in [0.15, 0.2) is 0 Å². The van der Waals surface area contributed by atoms with Crippen LogP contribution in [0.25, 0.3) is 0 Å². The maximum absolute atomic E-state index is 11.9. The predicted octanol–water partition coefficient (Wildman–Crippen LogP) is 0.705. The molecule has 1 rings (SSSR count). The Kier molecular flexibility index (Phi) is 4.58. The van der Waals surface area contributed by atoms with Gasteiger partial charge in [-0.05, 0) is 33.1 Å². The van der Waals surface area contributed by atoms with Crippen molar-refractivity contribution in [3.63, 3.8) is 0 Å². The average molecular weight is 227 g/mol. The van der Waals surface area contributed by atoms with E-state index in [4.69, 9.17) is 0 Å². The van der Waals surface area contributed by atoms with Crippen molar-refractivity contribution in [1.82, 2.24) is 15.5 Å². The van der Waals surface area contributed by atoms with Crippen LogP contribution in [-0.4, -0.2) is 42.5 Å². The zero-order valence-corrected chi connectivity index (χ0v) is 10.2. The fourth-order valence-corrected chi connectivity index (χ4v) is 1.94. The average Bonchev–Trinajstić information content (AvgIpc) is 2.27. The number of carbonyl (C=O) groups is 2. The molecule has 5 nitrogen and oxygen atoms in total. The standard InChI is InChI=1S/C11H21N3O2/c1-8(2)13-11(16)14-7-5-4-6-9(14)10(15)12-3/h8-9H,4-7H2,1-3H3,(H,12,15)(H,13,16). The normalized spacial score (nSPS) is 20.8. The van der Waals surface area contributed by atoms with Crippen molar-refractivity contribution >= 4 is 11.9 Å². The van der Waals surface area contributed by atoms with Crippen molar-refractivity contribution in [3.05, 3.63) is 0 Å². The molecular weight excluding hydrogens is 206 g/mol. The Morgan fingerprint density at radius 2 is 2.00 bits per heavy atom. The minimum Gasteiger partial charge on any atom is -0.357 e. The number of rotatable bonds is 2. The summed E-state index contributed by atoms with van der Waals surface area (Å²) in [5, 5.41) is 5.44. The Hall–Kier alpha value is -1.26. The van der Waals surface area contributed by atoms with Crippen molar-refractivity contribution in [2.24, 2.45) is 0 Å². The largest absolute Gasteiger partial charge is 0.357 e. The summed E-state index contributed by atoms with van der Waals surface area (Å²) in [4.78, 5) is 25.2. The van der Waals surface area contributed by atoms with E-state index in [-0.39, 0.29) is 24.0 Å². The van der Waals surface area contributed by atoms with Crippen molar-refractivity contribution < 1.29 is 9.59 Å². The Bertz CT molecular complexity index is 266. The van der Waals surface area contributed by atoms with Crippen LogP contribution in [0.15, 0.2) is 0 Å². The van der Waals surface area contributed by atoms with Gasteiger partial charge in [-0.15, -0.1) is 0 Å². The highest BCUT2D eigenvalue weighted by Crippen LogP contribution is 2.17. The number of urea groups is 1. The van der Waals surface area contributed by atoms with Crippen molar-refractivity contribution in [2.75, 3.05) is 13.6 Å². The summed E-state index contributed by atoms with van der Waals surface area (Å²) in [5.41, 5.74) is 0. The molecule has 16 heavy (non-hydrogen) atoms. The number of nitrogens with zero attached hydrogens (tertiary/aromatic N) is 1. The van der Waals surface area contributed by atoms with Gasteiger partial charge in [-0.2, -0.15) is 0 Å². The fraction of sp³-hybridized carbons (Fsp3) is 0.818. The Morgan fingerprint density at radius 3 is 2.56 bits per heavy atom. The van der Waals surface area contributed by atoms with Gasteiger partial charge in [-0.1, -0.05) is 0 Å². The zero-order chi connectivity index (χ0) is 12.1. The van der Waals surface area contributed by atoms with Crippen LogP contribution < -0.4 is 10.6 Å². The molecule has 1 heterocycles. The molecule has 0 aromatic carbocycles. The smallest absolute Gasteiger partial charge is 0.318 e. The molecule has 1 saturated heterocycles. The second-order valence-electron chi connectivity index (χ2n) is 4.42. The maximum atomic E-state index is 11.9. The van der Waals surface area contributed by atoms with Crippen molar-refractivity contribution in [3.8, 4) is 0 Å². The van der Waals surface area contributed by atoms with E-state index in [1.165, 1.54) is 0 Å². The van der Waals surface area contributed by atoms with Crippen LogP contribution in [0, 0.1) is 0 Å². The molecule has 92 valence electrons. The molecule has 0 bridgehead atoms. The van der Waals surface area contributed by atoms with E-state index in [1.807, 2.05) is 13.8 Å². The first-order valence-corrected chi connectivity index (χ1v) is 5.85. The lowest BCUT2D eigenvalue weighted by Gasteiger charge is -2.34. The molecule has 0 aliphatic carbocycles. The van der Waals surface area contributed by atoms with E-state index in [9.17, 15) is 9.59 Å². The monoisotopic (exact) mass is 227 g/mol. The molecule has 3 amide bonds. The van der Waals surface area contributed by atoms with Gasteiger partial charge in [0.1, 0.15) is 6.04 Å². The van der Waals surface area contributed by atoms with Crippen molar-refractivity contribution in [2.45, 2.75) is 45.2 Å². The highest BCUT2D eigenvalue weighted by molar-refractivity contribution is 5.87. The SMILES string of the molecule is CNC(=O)C1CCCCN1C(=O)NC(C)C. The Labute approximate surface area is 96.6 Å². The number of amides is 3. The summed E-state index contributed by atoms with van der Waals surface area (Å²) in [5.74, 6) is -0.0707. The fourth-order valence-electron chi connectivity index (χ4n) is 1.94. The minimum atomic E-state index is -0.308. The minimum absolute atomic E-state index is 0.0707. The van der Waals surface area contributed by atoms with E-state index in [2.05, 4.69) is 10.6 Å². The highest BCUT2D eigenvalue weighted by Gasteiger charge is 2.31. The Morgan fingerprint density at radius 1 is 1.31 bits per heavy atom. The lowest BCUT2D eigenvalue weighted by molar-refractivity contribution is -0.125. The van der Waals surface area contributed by atoms with E-state index >= 15 is 0 Å². The number of nitrogens with one attached hydrogen (secondary N) is 2. The zero-order valence-electron chi connectivity index (χ0n) is 10.2. The first-order valence-electron chi connectivity index (χ1n) is 5.85. The lowest BCUT2D eigenvalue weighted by Crippen LogP contribution is -2.55. The molecule has 1 fully saturated rings. The van der Waals surface area contributed by atoms with Crippen LogP contribution in [0.4, 0.5) is 4.79 Å². The van der Waals surface area contributed by atoms with Gasteiger partial charge >= 0.3 is 6.03 Å². The van der Waals surface area contributed by atoms with Crippen LogP contribution in [-0.2, 0) is 4.79 Å². The van der Waals surface area contributed by atoms with E-state index in [1.54, 1.807) is 11.9 Å². The molecule has 0 aromatic rings. The van der Waals surface area contributed by atoms with E-state index < -0.39 is 0 Å². The van der Waals surface area contributed by atoms with E-state index in [0.29, 0.717) is 6.54 Å². The second-order valence-corrected chi connectivity index (χ2v) is 4.42. The number of likely N-dealkylation sites (N-methyl/N-ethyl adjacent to an activating group) is 1. The summed E-state index contributed by atoms with van der Waals surface area (Å²) >= 11 is 0. The summed E-state index contributed by atoms with van der Waals surface area (Å²) in [6, 6.07) is -0.347. The predicted molar refractivity (Wildman–Crippen MR) is 62.1 cm³/mol. The van der Waals surface area contributed by atoms with Crippen molar-refractivity contribution in [1.29, 1.82) is 0 Å². The number of hydrogen-bond donors (Lipinski definition) is 2. The van der Waals surface area contributed by atoms with Gasteiger partial charge in [-0.3, -0.25) is 4.79 Å². The van der Waals surface area contributed by atoms with Crippen LogP contribution >= 0.6 is 0 Å². The maximum Gasteiger partial charge on any atom is 0.318 e. The molecule has 1 unspecified atom stereocenters.